The Balaban J connectivity index is 1.39. The minimum absolute atomic E-state index is 0.0906. The molecule has 0 fully saturated rings. The van der Waals surface area contributed by atoms with Crippen LogP contribution in [0.3, 0.4) is 0 Å². The number of anilines is 1. The smallest absolute Gasteiger partial charge is 0.224 e. The fourth-order valence-corrected chi connectivity index (χ4v) is 5.79. The van der Waals surface area contributed by atoms with Crippen LogP contribution < -0.4 is 10.6 Å². The highest BCUT2D eigenvalue weighted by atomic mass is 32.2. The molecule has 0 aliphatic heterocycles. The topological polar surface area (TPSA) is 84.2 Å². The fourth-order valence-electron chi connectivity index (χ4n) is 2.78. The number of thiazole rings is 1. The second kappa shape index (κ2) is 12.2. The number of fused-ring (bicyclic) bond motifs is 1. The molecule has 0 aliphatic carbocycles. The van der Waals surface area contributed by atoms with E-state index in [2.05, 4.69) is 29.5 Å². The number of benzene rings is 1. The van der Waals surface area contributed by atoms with Gasteiger partial charge in [0.05, 0.1) is 23.0 Å². The van der Waals surface area contributed by atoms with Gasteiger partial charge in [-0.15, -0.1) is 11.3 Å². The number of thioether (sulfide) groups is 2. The van der Waals surface area contributed by atoms with E-state index < -0.39 is 0 Å². The molecule has 0 saturated carbocycles. The monoisotopic (exact) mass is 477 g/mol. The highest BCUT2D eigenvalue weighted by molar-refractivity contribution is 8.04. The van der Waals surface area contributed by atoms with Crippen LogP contribution >= 0.6 is 34.9 Å². The van der Waals surface area contributed by atoms with E-state index in [0.29, 0.717) is 36.8 Å². The van der Waals surface area contributed by atoms with Crippen molar-refractivity contribution in [2.75, 3.05) is 16.8 Å². The van der Waals surface area contributed by atoms with Gasteiger partial charge in [0.25, 0.3) is 0 Å². The van der Waals surface area contributed by atoms with Crippen LogP contribution in [-0.2, 0) is 16.1 Å². The van der Waals surface area contributed by atoms with Crippen LogP contribution in [0, 0.1) is 0 Å². The summed E-state index contributed by atoms with van der Waals surface area (Å²) in [6.07, 6.45) is 2.66. The van der Waals surface area contributed by atoms with Gasteiger partial charge in [0, 0.05) is 30.0 Å². The lowest BCUT2D eigenvalue weighted by Gasteiger charge is -2.06. The molecule has 0 aliphatic rings. The second-order valence-corrected chi connectivity index (χ2v) is 11.2. The quantitative estimate of drug-likeness (QED) is 0.263. The van der Waals surface area contributed by atoms with Crippen LogP contribution in [0.4, 0.5) is 5.69 Å². The van der Waals surface area contributed by atoms with Gasteiger partial charge in [-0.05, 0) is 42.0 Å². The van der Waals surface area contributed by atoms with E-state index in [0.717, 1.165) is 31.7 Å². The molecular formula is C22H27N3O3S3. The summed E-state index contributed by atoms with van der Waals surface area (Å²) in [5.74, 6) is 2.68. The molecule has 3 rings (SSSR count). The predicted octanol–water partition coefficient (Wildman–Crippen LogP) is 5.55. The summed E-state index contributed by atoms with van der Waals surface area (Å²) in [5, 5.41) is 6.35. The number of hydrogen-bond acceptors (Lipinski definition) is 7. The number of amides is 2. The van der Waals surface area contributed by atoms with Crippen molar-refractivity contribution >= 4 is 62.6 Å². The molecule has 2 amide bonds. The van der Waals surface area contributed by atoms with Gasteiger partial charge in [-0.2, -0.15) is 11.8 Å². The number of hydrogen-bond donors (Lipinski definition) is 2. The Labute approximate surface area is 195 Å². The second-order valence-electron chi connectivity index (χ2n) is 7.19. The van der Waals surface area contributed by atoms with Crippen LogP contribution in [0.15, 0.2) is 45.4 Å². The van der Waals surface area contributed by atoms with Gasteiger partial charge in [-0.25, -0.2) is 4.98 Å². The number of nitrogens with one attached hydrogen (secondary N) is 2. The third-order valence-electron chi connectivity index (χ3n) is 4.26. The van der Waals surface area contributed by atoms with E-state index in [1.807, 2.05) is 30.0 Å². The minimum atomic E-state index is -0.0944. The van der Waals surface area contributed by atoms with E-state index >= 15 is 0 Å². The molecule has 2 heterocycles. The highest BCUT2D eigenvalue weighted by Gasteiger charge is 2.09. The first-order chi connectivity index (χ1) is 15.0. The van der Waals surface area contributed by atoms with Gasteiger partial charge in [0.1, 0.15) is 5.76 Å². The average molecular weight is 478 g/mol. The van der Waals surface area contributed by atoms with Gasteiger partial charge in [-0.1, -0.05) is 25.6 Å². The molecule has 0 atom stereocenters. The number of nitrogens with zero attached hydrogens (tertiary/aromatic N) is 1. The summed E-state index contributed by atoms with van der Waals surface area (Å²) in [5.41, 5.74) is 1.71. The number of carbonyl (C=O) groups excluding carboxylic acids is 2. The summed E-state index contributed by atoms with van der Waals surface area (Å²) in [6, 6.07) is 9.37. The molecule has 0 saturated heterocycles. The maximum atomic E-state index is 12.2. The zero-order valence-electron chi connectivity index (χ0n) is 17.7. The average Bonchev–Trinajstić information content (AvgIpc) is 3.38. The summed E-state index contributed by atoms with van der Waals surface area (Å²) < 4.78 is 7.30. The Morgan fingerprint density at radius 3 is 2.77 bits per heavy atom. The molecule has 0 unspecified atom stereocenters. The Kier molecular flexibility index (Phi) is 9.30. The molecule has 2 N–H and O–H groups in total. The van der Waals surface area contributed by atoms with E-state index in [4.69, 9.17) is 4.42 Å². The SMILES string of the molecule is CC(C)SCCSc1nc2ccc(NC(=O)CCCC(=O)NCc3ccco3)cc2s1. The molecule has 0 spiro atoms. The van der Waals surface area contributed by atoms with Crippen molar-refractivity contribution in [3.8, 4) is 0 Å². The minimum Gasteiger partial charge on any atom is -0.467 e. The maximum absolute atomic E-state index is 12.2. The Morgan fingerprint density at radius 2 is 2.00 bits per heavy atom. The zero-order valence-corrected chi connectivity index (χ0v) is 20.1. The van der Waals surface area contributed by atoms with Crippen LogP contribution in [-0.4, -0.2) is 33.6 Å². The van der Waals surface area contributed by atoms with Crippen molar-refractivity contribution in [3.05, 3.63) is 42.4 Å². The number of aromatic nitrogens is 1. The van der Waals surface area contributed by atoms with Crippen LogP contribution in [0.25, 0.3) is 10.2 Å². The van der Waals surface area contributed by atoms with Crippen molar-refractivity contribution in [3.63, 3.8) is 0 Å². The van der Waals surface area contributed by atoms with Crippen molar-refractivity contribution in [1.29, 1.82) is 0 Å². The Morgan fingerprint density at radius 1 is 1.16 bits per heavy atom. The van der Waals surface area contributed by atoms with Gasteiger partial charge in [0.15, 0.2) is 4.34 Å². The lowest BCUT2D eigenvalue weighted by Crippen LogP contribution is -2.22. The molecule has 3 aromatic rings. The van der Waals surface area contributed by atoms with Gasteiger partial charge in [-0.3, -0.25) is 9.59 Å². The van der Waals surface area contributed by atoms with E-state index in [9.17, 15) is 9.59 Å². The molecular weight excluding hydrogens is 450 g/mol. The summed E-state index contributed by atoms with van der Waals surface area (Å²) in [6.45, 7) is 4.78. The van der Waals surface area contributed by atoms with Crippen LogP contribution in [0.1, 0.15) is 38.9 Å². The molecule has 0 bridgehead atoms. The maximum Gasteiger partial charge on any atom is 0.224 e. The van der Waals surface area contributed by atoms with Crippen LogP contribution in [0.2, 0.25) is 0 Å². The van der Waals surface area contributed by atoms with Gasteiger partial charge >= 0.3 is 0 Å². The largest absolute Gasteiger partial charge is 0.467 e. The third kappa shape index (κ3) is 8.23. The molecule has 31 heavy (non-hydrogen) atoms. The standard InChI is InChI=1S/C22H27N3O3S3/c1-15(2)29-11-12-30-22-25-18-9-8-16(13-19(18)31-22)24-21(27)7-3-6-20(26)23-14-17-5-4-10-28-17/h4-5,8-10,13,15H,3,6-7,11-12,14H2,1-2H3,(H,23,26)(H,24,27). The van der Waals surface area contributed by atoms with Crippen molar-refractivity contribution < 1.29 is 14.0 Å². The summed E-state index contributed by atoms with van der Waals surface area (Å²) in [7, 11) is 0. The van der Waals surface area contributed by atoms with Crippen LogP contribution in [0.5, 0.6) is 0 Å². The van der Waals surface area contributed by atoms with Gasteiger partial charge in [0.2, 0.25) is 11.8 Å². The Hall–Kier alpha value is -1.97. The lowest BCUT2D eigenvalue weighted by atomic mass is 10.2. The Bertz CT molecular complexity index is 986. The fraction of sp³-hybridized carbons (Fsp3) is 0.409. The van der Waals surface area contributed by atoms with E-state index in [-0.39, 0.29) is 11.8 Å². The van der Waals surface area contributed by atoms with Crippen molar-refractivity contribution in [1.82, 2.24) is 10.3 Å². The normalized spacial score (nSPS) is 11.2. The van der Waals surface area contributed by atoms with Crippen molar-refractivity contribution in [2.45, 2.75) is 49.2 Å². The molecule has 1 aromatic carbocycles. The zero-order chi connectivity index (χ0) is 22.1. The van der Waals surface area contributed by atoms with Crippen molar-refractivity contribution in [2.24, 2.45) is 0 Å². The first kappa shape index (κ1) is 23.7. The molecule has 6 nitrogen and oxygen atoms in total. The highest BCUT2D eigenvalue weighted by Crippen LogP contribution is 2.31. The lowest BCUT2D eigenvalue weighted by molar-refractivity contribution is -0.121. The predicted molar refractivity (Wildman–Crippen MR) is 131 cm³/mol. The molecule has 2 aromatic heterocycles. The first-order valence-corrected chi connectivity index (χ1v) is 13.1. The molecule has 166 valence electrons. The number of furan rings is 1. The number of carbonyl (C=O) groups is 2. The molecule has 9 heteroatoms. The first-order valence-electron chi connectivity index (χ1n) is 10.2. The number of rotatable bonds is 12. The van der Waals surface area contributed by atoms with E-state index in [1.54, 1.807) is 41.5 Å². The molecule has 0 radical (unpaired) electrons. The summed E-state index contributed by atoms with van der Waals surface area (Å²) in [4.78, 5) is 28.8. The van der Waals surface area contributed by atoms with E-state index in [1.165, 1.54) is 0 Å². The van der Waals surface area contributed by atoms with Gasteiger partial charge < -0.3 is 15.1 Å². The summed E-state index contributed by atoms with van der Waals surface area (Å²) >= 11 is 5.39. The third-order valence-corrected chi connectivity index (χ3v) is 7.79.